The molecule has 5 nitrogen and oxygen atoms in total. The maximum atomic E-state index is 5.84. The van der Waals surface area contributed by atoms with E-state index in [1.807, 2.05) is 6.07 Å². The van der Waals surface area contributed by atoms with E-state index >= 15 is 0 Å². The van der Waals surface area contributed by atoms with Crippen molar-refractivity contribution in [2.45, 2.75) is 38.0 Å². The summed E-state index contributed by atoms with van der Waals surface area (Å²) in [5, 5.41) is 3.38. The second kappa shape index (κ2) is 5.74. The molecule has 5 heteroatoms. The second-order valence-corrected chi connectivity index (χ2v) is 5.64. The van der Waals surface area contributed by atoms with Gasteiger partial charge in [0.2, 0.25) is 0 Å². The van der Waals surface area contributed by atoms with Crippen LogP contribution in [0.1, 0.15) is 43.8 Å². The fourth-order valence-electron chi connectivity index (χ4n) is 2.63. The maximum Gasteiger partial charge on any atom is 0.136 e. The summed E-state index contributed by atoms with van der Waals surface area (Å²) >= 11 is 0. The highest BCUT2D eigenvalue weighted by atomic mass is 15.2. The van der Waals surface area contributed by atoms with Gasteiger partial charge in [-0.1, -0.05) is 6.42 Å². The number of hydrogen-bond donors (Lipinski definition) is 2. The lowest BCUT2D eigenvalue weighted by Crippen LogP contribution is -2.33. The predicted octanol–water partition coefficient (Wildman–Crippen LogP) is 1.83. The van der Waals surface area contributed by atoms with Crippen LogP contribution in [0, 0.1) is 0 Å². The van der Waals surface area contributed by atoms with E-state index in [4.69, 9.17) is 5.73 Å². The number of likely N-dealkylation sites (tertiary alicyclic amines) is 1. The average Bonchev–Trinajstić information content (AvgIpc) is 3.24. The zero-order valence-electron chi connectivity index (χ0n) is 11.4. The highest BCUT2D eigenvalue weighted by Gasteiger charge is 2.27. The van der Waals surface area contributed by atoms with E-state index in [1.165, 1.54) is 45.2 Å². The Balaban J connectivity index is 1.51. The van der Waals surface area contributed by atoms with E-state index in [0.717, 1.165) is 24.7 Å². The summed E-state index contributed by atoms with van der Waals surface area (Å²) in [6.07, 6.45) is 6.48. The molecule has 0 atom stereocenters. The molecule has 1 aromatic heterocycles. The number of nitrogens with two attached hydrogens (primary N) is 1. The number of aromatic nitrogens is 2. The standard InChI is InChI=1S/C14H23N5/c15-12-10-13(18-14(17-12)11-4-5-11)16-6-9-19-7-2-1-3-8-19/h10-11H,1-9H2,(H3,15,16,17,18). The van der Waals surface area contributed by atoms with E-state index < -0.39 is 0 Å². The zero-order valence-corrected chi connectivity index (χ0v) is 11.4. The number of rotatable bonds is 5. The van der Waals surface area contributed by atoms with E-state index in [0.29, 0.717) is 11.7 Å². The Kier molecular flexibility index (Phi) is 3.82. The molecule has 0 radical (unpaired) electrons. The van der Waals surface area contributed by atoms with Crippen molar-refractivity contribution >= 4 is 11.6 Å². The van der Waals surface area contributed by atoms with Gasteiger partial charge in [0.1, 0.15) is 17.5 Å². The number of nitrogens with zero attached hydrogens (tertiary/aromatic N) is 3. The minimum Gasteiger partial charge on any atom is -0.384 e. The minimum absolute atomic E-state index is 0.547. The van der Waals surface area contributed by atoms with Crippen molar-refractivity contribution in [2.24, 2.45) is 0 Å². The first kappa shape index (κ1) is 12.7. The second-order valence-electron chi connectivity index (χ2n) is 5.64. The molecule has 1 aromatic rings. The van der Waals surface area contributed by atoms with Crippen LogP contribution < -0.4 is 11.1 Å². The van der Waals surface area contributed by atoms with Crippen LogP contribution in [0.15, 0.2) is 6.07 Å². The van der Waals surface area contributed by atoms with Crippen LogP contribution in [0.4, 0.5) is 11.6 Å². The van der Waals surface area contributed by atoms with Crippen LogP contribution in [-0.2, 0) is 0 Å². The number of piperidine rings is 1. The third-order valence-corrected chi connectivity index (χ3v) is 3.89. The molecule has 2 heterocycles. The monoisotopic (exact) mass is 261 g/mol. The van der Waals surface area contributed by atoms with Crippen molar-refractivity contribution in [1.29, 1.82) is 0 Å². The molecular weight excluding hydrogens is 238 g/mol. The molecule has 19 heavy (non-hydrogen) atoms. The summed E-state index contributed by atoms with van der Waals surface area (Å²) < 4.78 is 0. The summed E-state index contributed by atoms with van der Waals surface area (Å²) in [6, 6.07) is 1.84. The first-order valence-electron chi connectivity index (χ1n) is 7.42. The van der Waals surface area contributed by atoms with E-state index in [-0.39, 0.29) is 0 Å². The molecule has 0 spiro atoms. The zero-order chi connectivity index (χ0) is 13.1. The van der Waals surface area contributed by atoms with Gasteiger partial charge in [-0.05, 0) is 38.8 Å². The van der Waals surface area contributed by atoms with Gasteiger partial charge in [0.15, 0.2) is 0 Å². The first-order chi connectivity index (χ1) is 9.31. The minimum atomic E-state index is 0.547. The van der Waals surface area contributed by atoms with E-state index in [2.05, 4.69) is 20.2 Å². The van der Waals surface area contributed by atoms with Crippen molar-refractivity contribution in [1.82, 2.24) is 14.9 Å². The van der Waals surface area contributed by atoms with Gasteiger partial charge in [0, 0.05) is 25.1 Å². The topological polar surface area (TPSA) is 67.1 Å². The van der Waals surface area contributed by atoms with Crippen LogP contribution in [0.2, 0.25) is 0 Å². The summed E-state index contributed by atoms with van der Waals surface area (Å²) in [6.45, 7) is 4.49. The molecule has 0 bridgehead atoms. The SMILES string of the molecule is Nc1cc(NCCN2CCCCC2)nc(C2CC2)n1. The Labute approximate surface area is 114 Å². The number of nitrogen functional groups attached to an aromatic ring is 1. The fourth-order valence-corrected chi connectivity index (χ4v) is 2.63. The molecule has 3 N–H and O–H groups in total. The van der Waals surface area contributed by atoms with E-state index in [9.17, 15) is 0 Å². The van der Waals surface area contributed by atoms with Crippen molar-refractivity contribution in [3.8, 4) is 0 Å². The molecule has 0 aromatic carbocycles. The van der Waals surface area contributed by atoms with E-state index in [1.54, 1.807) is 0 Å². The molecule has 0 unspecified atom stereocenters. The van der Waals surface area contributed by atoms with Crippen molar-refractivity contribution in [3.05, 3.63) is 11.9 Å². The Morgan fingerprint density at radius 3 is 2.74 bits per heavy atom. The van der Waals surface area contributed by atoms with Crippen LogP contribution in [-0.4, -0.2) is 41.0 Å². The van der Waals surface area contributed by atoms with Gasteiger partial charge in [0.25, 0.3) is 0 Å². The molecule has 2 fully saturated rings. The molecule has 1 aliphatic carbocycles. The molecule has 2 aliphatic rings. The van der Waals surface area contributed by atoms with Gasteiger partial charge >= 0.3 is 0 Å². The molecular formula is C14H23N5. The molecule has 1 aliphatic heterocycles. The van der Waals surface area contributed by atoms with Crippen LogP contribution in [0.3, 0.4) is 0 Å². The predicted molar refractivity (Wildman–Crippen MR) is 77.2 cm³/mol. The lowest BCUT2D eigenvalue weighted by Gasteiger charge is -2.26. The molecule has 1 saturated carbocycles. The molecule has 104 valence electrons. The van der Waals surface area contributed by atoms with Crippen LogP contribution >= 0.6 is 0 Å². The van der Waals surface area contributed by atoms with Gasteiger partial charge in [0.05, 0.1) is 0 Å². The molecule has 0 amide bonds. The largest absolute Gasteiger partial charge is 0.384 e. The Hall–Kier alpha value is -1.36. The lowest BCUT2D eigenvalue weighted by atomic mass is 10.1. The third kappa shape index (κ3) is 3.56. The third-order valence-electron chi connectivity index (χ3n) is 3.89. The summed E-state index contributed by atoms with van der Waals surface area (Å²) in [5.74, 6) is 2.93. The van der Waals surface area contributed by atoms with Crippen molar-refractivity contribution < 1.29 is 0 Å². The van der Waals surface area contributed by atoms with Gasteiger partial charge in [-0.25, -0.2) is 9.97 Å². The lowest BCUT2D eigenvalue weighted by molar-refractivity contribution is 0.237. The Bertz CT molecular complexity index is 424. The van der Waals surface area contributed by atoms with Crippen molar-refractivity contribution in [3.63, 3.8) is 0 Å². The van der Waals surface area contributed by atoms with Gasteiger partial charge in [-0.3, -0.25) is 0 Å². The van der Waals surface area contributed by atoms with Gasteiger partial charge in [-0.15, -0.1) is 0 Å². The highest BCUT2D eigenvalue weighted by Crippen LogP contribution is 2.38. The van der Waals surface area contributed by atoms with Gasteiger partial charge in [-0.2, -0.15) is 0 Å². The van der Waals surface area contributed by atoms with Crippen molar-refractivity contribution in [2.75, 3.05) is 37.2 Å². The average molecular weight is 261 g/mol. The summed E-state index contributed by atoms with van der Waals surface area (Å²) in [5.41, 5.74) is 5.84. The molecule has 1 saturated heterocycles. The maximum absolute atomic E-state index is 5.84. The summed E-state index contributed by atoms with van der Waals surface area (Å²) in [4.78, 5) is 11.4. The summed E-state index contributed by atoms with van der Waals surface area (Å²) in [7, 11) is 0. The Morgan fingerprint density at radius 1 is 1.21 bits per heavy atom. The quantitative estimate of drug-likeness (QED) is 0.846. The van der Waals surface area contributed by atoms with Gasteiger partial charge < -0.3 is 16.0 Å². The fraction of sp³-hybridized carbons (Fsp3) is 0.714. The number of hydrogen-bond acceptors (Lipinski definition) is 5. The normalized spacial score (nSPS) is 20.4. The first-order valence-corrected chi connectivity index (χ1v) is 7.42. The van der Waals surface area contributed by atoms with Crippen LogP contribution in [0.25, 0.3) is 0 Å². The number of anilines is 2. The van der Waals surface area contributed by atoms with Crippen LogP contribution in [0.5, 0.6) is 0 Å². The highest BCUT2D eigenvalue weighted by molar-refractivity contribution is 5.45. The molecule has 3 rings (SSSR count). The smallest absolute Gasteiger partial charge is 0.136 e. The number of nitrogens with one attached hydrogen (secondary N) is 1. The Morgan fingerprint density at radius 2 is 2.00 bits per heavy atom.